The molecule has 0 spiro atoms. The summed E-state index contributed by atoms with van der Waals surface area (Å²) in [6, 6.07) is 0. The molecule has 0 unspecified atom stereocenters. The molecule has 0 aliphatic heterocycles. The van der Waals surface area contributed by atoms with Crippen LogP contribution in [0.2, 0.25) is 0 Å². The minimum atomic E-state index is -0.361. The van der Waals surface area contributed by atoms with E-state index in [-0.39, 0.29) is 29.4 Å². The Morgan fingerprint density at radius 2 is 2.00 bits per heavy atom. The van der Waals surface area contributed by atoms with Crippen molar-refractivity contribution in [3.8, 4) is 0 Å². The van der Waals surface area contributed by atoms with Gasteiger partial charge in [-0.15, -0.1) is 0 Å². The predicted molar refractivity (Wildman–Crippen MR) is 68.9 cm³/mol. The fourth-order valence-electron chi connectivity index (χ4n) is 1.65. The molecule has 18 heavy (non-hydrogen) atoms. The van der Waals surface area contributed by atoms with E-state index < -0.39 is 0 Å². The average molecular weight is 252 g/mol. The minimum Gasteiger partial charge on any atom is -0.396 e. The van der Waals surface area contributed by atoms with E-state index in [1.807, 2.05) is 13.8 Å². The number of nitrogens with zero attached hydrogens (tertiary/aromatic N) is 2. The second kappa shape index (κ2) is 6.30. The van der Waals surface area contributed by atoms with Crippen LogP contribution in [-0.4, -0.2) is 34.1 Å². The first kappa shape index (κ1) is 14.4. The maximum Gasteiger partial charge on any atom is 0.273 e. The van der Waals surface area contributed by atoms with Crippen LogP contribution in [0.3, 0.4) is 0 Å². The summed E-state index contributed by atoms with van der Waals surface area (Å²) in [5.74, 6) is -0.252. The molecule has 1 rings (SSSR count). The van der Waals surface area contributed by atoms with Crippen molar-refractivity contribution in [3.63, 3.8) is 0 Å². The second-order valence-electron chi connectivity index (χ2n) is 4.34. The minimum absolute atomic E-state index is 0.0379. The van der Waals surface area contributed by atoms with Gasteiger partial charge in [0.1, 0.15) is 0 Å². The molecule has 6 heteroatoms. The summed E-state index contributed by atoms with van der Waals surface area (Å²) in [6.45, 7) is 4.41. The van der Waals surface area contributed by atoms with E-state index in [4.69, 9.17) is 5.73 Å². The van der Waals surface area contributed by atoms with E-state index in [0.717, 1.165) is 12.8 Å². The maximum absolute atomic E-state index is 11.9. The molecule has 0 radical (unpaired) electrons. The first-order valence-corrected chi connectivity index (χ1v) is 6.04. The van der Waals surface area contributed by atoms with Gasteiger partial charge in [0.2, 0.25) is 0 Å². The van der Waals surface area contributed by atoms with Crippen LogP contribution >= 0.6 is 0 Å². The van der Waals surface area contributed by atoms with E-state index in [1.165, 1.54) is 12.4 Å². The third kappa shape index (κ3) is 3.16. The highest BCUT2D eigenvalue weighted by Crippen LogP contribution is 2.24. The number of nitrogens with two attached hydrogens (primary N) is 1. The Labute approximate surface area is 107 Å². The van der Waals surface area contributed by atoms with Gasteiger partial charge < -0.3 is 16.2 Å². The zero-order valence-electron chi connectivity index (χ0n) is 10.8. The van der Waals surface area contributed by atoms with Gasteiger partial charge in [-0.25, -0.2) is 9.97 Å². The Bertz CT molecular complexity index is 397. The summed E-state index contributed by atoms with van der Waals surface area (Å²) in [7, 11) is 0. The van der Waals surface area contributed by atoms with Crippen LogP contribution in [0.1, 0.15) is 37.2 Å². The van der Waals surface area contributed by atoms with Gasteiger partial charge in [0, 0.05) is 24.4 Å². The van der Waals surface area contributed by atoms with Crippen LogP contribution in [0.25, 0.3) is 0 Å². The number of hydrogen-bond donors (Lipinski definition) is 3. The molecule has 0 aliphatic carbocycles. The molecule has 6 nitrogen and oxygen atoms in total. The lowest BCUT2D eigenvalue weighted by atomic mass is 9.83. The van der Waals surface area contributed by atoms with E-state index >= 15 is 0 Å². The van der Waals surface area contributed by atoms with Gasteiger partial charge in [-0.3, -0.25) is 4.79 Å². The Morgan fingerprint density at radius 1 is 1.39 bits per heavy atom. The van der Waals surface area contributed by atoms with Gasteiger partial charge in [-0.1, -0.05) is 13.8 Å². The SMILES string of the molecule is CCC(CC)(CO)CNC(=O)c1nccnc1N. The summed E-state index contributed by atoms with van der Waals surface area (Å²) in [5, 5.41) is 12.2. The largest absolute Gasteiger partial charge is 0.396 e. The molecular weight excluding hydrogens is 232 g/mol. The van der Waals surface area contributed by atoms with Gasteiger partial charge in [-0.2, -0.15) is 0 Å². The van der Waals surface area contributed by atoms with E-state index in [1.54, 1.807) is 0 Å². The predicted octanol–water partition coefficient (Wildman–Crippen LogP) is 0.587. The normalized spacial score (nSPS) is 11.3. The molecule has 0 aromatic carbocycles. The summed E-state index contributed by atoms with van der Waals surface area (Å²) >= 11 is 0. The standard InChI is InChI=1S/C12H20N4O2/c1-3-12(4-2,8-17)7-16-11(18)9-10(13)15-6-5-14-9/h5-6,17H,3-4,7-8H2,1-2H3,(H2,13,15)(H,16,18). The van der Waals surface area contributed by atoms with Crippen molar-refractivity contribution >= 4 is 11.7 Å². The van der Waals surface area contributed by atoms with Crippen LogP contribution < -0.4 is 11.1 Å². The highest BCUT2D eigenvalue weighted by molar-refractivity contribution is 5.96. The topological polar surface area (TPSA) is 101 Å². The van der Waals surface area contributed by atoms with E-state index in [0.29, 0.717) is 6.54 Å². The van der Waals surface area contributed by atoms with Gasteiger partial charge in [0.25, 0.3) is 5.91 Å². The lowest BCUT2D eigenvalue weighted by Crippen LogP contribution is -2.39. The summed E-state index contributed by atoms with van der Waals surface area (Å²) in [4.78, 5) is 19.6. The van der Waals surface area contributed by atoms with E-state index in [2.05, 4.69) is 15.3 Å². The third-order valence-electron chi connectivity index (χ3n) is 3.40. The number of carbonyl (C=O) groups is 1. The average Bonchev–Trinajstić information content (AvgIpc) is 2.41. The number of nitrogen functional groups attached to an aromatic ring is 1. The molecule has 1 heterocycles. The number of rotatable bonds is 6. The molecule has 0 aliphatic rings. The number of aliphatic hydroxyl groups excluding tert-OH is 1. The van der Waals surface area contributed by atoms with E-state index in [9.17, 15) is 9.90 Å². The number of hydrogen-bond acceptors (Lipinski definition) is 5. The lowest BCUT2D eigenvalue weighted by molar-refractivity contribution is 0.0847. The molecule has 1 aromatic rings. The second-order valence-corrected chi connectivity index (χ2v) is 4.34. The highest BCUT2D eigenvalue weighted by atomic mass is 16.3. The molecular formula is C12H20N4O2. The van der Waals surface area contributed by atoms with Gasteiger partial charge in [0.15, 0.2) is 11.5 Å². The Kier molecular flexibility index (Phi) is 5.03. The van der Waals surface area contributed by atoms with Gasteiger partial charge in [0.05, 0.1) is 6.61 Å². The number of anilines is 1. The Hall–Kier alpha value is -1.69. The smallest absolute Gasteiger partial charge is 0.273 e. The molecule has 1 aromatic heterocycles. The number of aromatic nitrogens is 2. The monoisotopic (exact) mass is 252 g/mol. The lowest BCUT2D eigenvalue weighted by Gasteiger charge is -2.29. The number of aliphatic hydroxyl groups is 1. The van der Waals surface area contributed by atoms with Crippen LogP contribution in [-0.2, 0) is 0 Å². The molecule has 4 N–H and O–H groups in total. The first-order chi connectivity index (χ1) is 8.58. The van der Waals surface area contributed by atoms with Crippen molar-refractivity contribution < 1.29 is 9.90 Å². The molecule has 0 bridgehead atoms. The number of carbonyl (C=O) groups excluding carboxylic acids is 1. The zero-order valence-corrected chi connectivity index (χ0v) is 10.8. The molecule has 0 saturated heterocycles. The van der Waals surface area contributed by atoms with Crippen LogP contribution in [0.5, 0.6) is 0 Å². The quantitative estimate of drug-likeness (QED) is 0.687. The van der Waals surface area contributed by atoms with Crippen molar-refractivity contribution in [1.29, 1.82) is 0 Å². The van der Waals surface area contributed by atoms with Crippen LogP contribution in [0.4, 0.5) is 5.82 Å². The molecule has 0 fully saturated rings. The number of nitrogens with one attached hydrogen (secondary N) is 1. The summed E-state index contributed by atoms with van der Waals surface area (Å²) < 4.78 is 0. The Morgan fingerprint density at radius 3 is 2.50 bits per heavy atom. The van der Waals surface area contributed by atoms with Crippen molar-refractivity contribution in [2.75, 3.05) is 18.9 Å². The zero-order chi connectivity index (χ0) is 13.6. The first-order valence-electron chi connectivity index (χ1n) is 6.04. The highest BCUT2D eigenvalue weighted by Gasteiger charge is 2.26. The summed E-state index contributed by atoms with van der Waals surface area (Å²) in [6.07, 6.45) is 4.43. The summed E-state index contributed by atoms with van der Waals surface area (Å²) in [5.41, 5.74) is 5.41. The van der Waals surface area contributed by atoms with Crippen LogP contribution in [0.15, 0.2) is 12.4 Å². The molecule has 1 amide bonds. The van der Waals surface area contributed by atoms with Gasteiger partial charge in [-0.05, 0) is 12.8 Å². The van der Waals surface area contributed by atoms with Crippen molar-refractivity contribution in [2.24, 2.45) is 5.41 Å². The van der Waals surface area contributed by atoms with Gasteiger partial charge >= 0.3 is 0 Å². The van der Waals surface area contributed by atoms with Crippen molar-refractivity contribution in [1.82, 2.24) is 15.3 Å². The number of amides is 1. The third-order valence-corrected chi connectivity index (χ3v) is 3.40. The van der Waals surface area contributed by atoms with Crippen molar-refractivity contribution in [3.05, 3.63) is 18.1 Å². The molecule has 0 saturated carbocycles. The fourth-order valence-corrected chi connectivity index (χ4v) is 1.65. The van der Waals surface area contributed by atoms with Crippen molar-refractivity contribution in [2.45, 2.75) is 26.7 Å². The molecule has 0 atom stereocenters. The van der Waals surface area contributed by atoms with Crippen LogP contribution in [0, 0.1) is 5.41 Å². The fraction of sp³-hybridized carbons (Fsp3) is 0.583. The Balaban J connectivity index is 2.69. The molecule has 100 valence electrons. The maximum atomic E-state index is 11.9.